The zero-order valence-electron chi connectivity index (χ0n) is 11.2. The number of likely N-dealkylation sites (tertiary alicyclic amines) is 2. The Hall–Kier alpha value is -1.07. The van der Waals surface area contributed by atoms with Crippen LogP contribution in [-0.4, -0.2) is 54.6 Å². The van der Waals surface area contributed by atoms with Gasteiger partial charge in [0.15, 0.2) is 0 Å². The number of thiophene rings is 1. The van der Waals surface area contributed by atoms with E-state index in [4.69, 9.17) is 0 Å². The number of nitrogens with zero attached hydrogens (tertiary/aromatic N) is 2. The number of carbonyl (C=O) groups is 1. The number of urea groups is 1. The maximum atomic E-state index is 11.9. The van der Waals surface area contributed by atoms with Crippen LogP contribution in [0.2, 0.25) is 0 Å². The minimum Gasteiger partial charge on any atom is -0.338 e. The van der Waals surface area contributed by atoms with Gasteiger partial charge < -0.3 is 10.2 Å². The van der Waals surface area contributed by atoms with Crippen molar-refractivity contribution >= 4 is 17.4 Å². The lowest BCUT2D eigenvalue weighted by Crippen LogP contribution is -2.62. The van der Waals surface area contributed by atoms with Crippen LogP contribution >= 0.6 is 11.3 Å². The Bertz CT molecular complexity index is 408. The van der Waals surface area contributed by atoms with Crippen LogP contribution in [0.15, 0.2) is 17.5 Å². The fourth-order valence-corrected chi connectivity index (χ4v) is 3.53. The Balaban J connectivity index is 1.33. The predicted octanol–water partition coefficient (Wildman–Crippen LogP) is 1.78. The highest BCUT2D eigenvalue weighted by molar-refractivity contribution is 7.09. The van der Waals surface area contributed by atoms with Gasteiger partial charge in [-0.3, -0.25) is 4.90 Å². The molecule has 0 bridgehead atoms. The molecule has 0 unspecified atom stereocenters. The number of carbonyl (C=O) groups excluding carboxylic acids is 1. The monoisotopic (exact) mass is 279 g/mol. The van der Waals surface area contributed by atoms with E-state index < -0.39 is 0 Å². The SMILES string of the molecule is O=C(NCCc1cccs1)N1CC(N2CCCC2)C1. The van der Waals surface area contributed by atoms with Crippen LogP contribution in [0.5, 0.6) is 0 Å². The Morgan fingerprint density at radius 3 is 2.84 bits per heavy atom. The van der Waals surface area contributed by atoms with Gasteiger partial charge in [-0.1, -0.05) is 6.07 Å². The summed E-state index contributed by atoms with van der Waals surface area (Å²) >= 11 is 1.75. The third-order valence-corrected chi connectivity index (χ3v) is 4.97. The van der Waals surface area contributed by atoms with Crippen molar-refractivity contribution in [3.05, 3.63) is 22.4 Å². The molecular weight excluding hydrogens is 258 g/mol. The molecule has 0 aromatic carbocycles. The molecule has 4 nitrogen and oxygen atoms in total. The van der Waals surface area contributed by atoms with Gasteiger partial charge in [-0.25, -0.2) is 4.79 Å². The highest BCUT2D eigenvalue weighted by Gasteiger charge is 2.35. The molecule has 19 heavy (non-hydrogen) atoms. The quantitative estimate of drug-likeness (QED) is 0.912. The van der Waals surface area contributed by atoms with E-state index >= 15 is 0 Å². The number of amides is 2. The standard InChI is InChI=1S/C14H21N3OS/c18-14(15-6-5-13-4-3-9-19-13)17-10-12(11-17)16-7-1-2-8-16/h3-4,9,12H,1-2,5-8,10-11H2,(H,15,18). The van der Waals surface area contributed by atoms with Gasteiger partial charge in [0.2, 0.25) is 0 Å². The van der Waals surface area contributed by atoms with E-state index in [1.807, 2.05) is 4.90 Å². The molecule has 0 aliphatic carbocycles. The van der Waals surface area contributed by atoms with Crippen molar-refractivity contribution in [3.8, 4) is 0 Å². The molecule has 2 aliphatic rings. The number of hydrogen-bond donors (Lipinski definition) is 1. The minimum atomic E-state index is 0.104. The molecule has 1 N–H and O–H groups in total. The first-order valence-corrected chi connectivity index (χ1v) is 8.00. The summed E-state index contributed by atoms with van der Waals surface area (Å²) in [6.07, 6.45) is 3.58. The van der Waals surface area contributed by atoms with Gasteiger partial charge in [0, 0.05) is 30.6 Å². The summed E-state index contributed by atoms with van der Waals surface area (Å²) in [5, 5.41) is 5.09. The Kier molecular flexibility index (Phi) is 4.03. The zero-order valence-corrected chi connectivity index (χ0v) is 12.0. The van der Waals surface area contributed by atoms with Gasteiger partial charge in [0.1, 0.15) is 0 Å². The summed E-state index contributed by atoms with van der Waals surface area (Å²) in [6, 6.07) is 4.89. The molecule has 0 radical (unpaired) electrons. The van der Waals surface area contributed by atoms with E-state index in [9.17, 15) is 4.79 Å². The first kappa shape index (κ1) is 12.9. The molecule has 2 saturated heterocycles. The van der Waals surface area contributed by atoms with Crippen LogP contribution in [0.1, 0.15) is 17.7 Å². The molecule has 0 atom stereocenters. The fourth-order valence-electron chi connectivity index (χ4n) is 2.82. The third kappa shape index (κ3) is 3.09. The van der Waals surface area contributed by atoms with Crippen molar-refractivity contribution < 1.29 is 4.79 Å². The van der Waals surface area contributed by atoms with E-state index in [-0.39, 0.29) is 6.03 Å². The Morgan fingerprint density at radius 1 is 1.37 bits per heavy atom. The van der Waals surface area contributed by atoms with Gasteiger partial charge in [-0.15, -0.1) is 11.3 Å². The second-order valence-electron chi connectivity index (χ2n) is 5.36. The summed E-state index contributed by atoms with van der Waals surface area (Å²) in [5.74, 6) is 0. The first-order chi connectivity index (χ1) is 9.33. The smallest absolute Gasteiger partial charge is 0.317 e. The Morgan fingerprint density at radius 2 is 2.16 bits per heavy atom. The molecular formula is C14H21N3OS. The van der Waals surface area contributed by atoms with Gasteiger partial charge in [-0.05, 0) is 43.8 Å². The van der Waals surface area contributed by atoms with E-state index in [2.05, 4.69) is 27.7 Å². The van der Waals surface area contributed by atoms with Crippen LogP contribution in [0.25, 0.3) is 0 Å². The molecule has 3 heterocycles. The van der Waals surface area contributed by atoms with Gasteiger partial charge in [0.05, 0.1) is 0 Å². The van der Waals surface area contributed by atoms with Crippen molar-refractivity contribution in [1.82, 2.24) is 15.1 Å². The van der Waals surface area contributed by atoms with E-state index in [1.54, 1.807) is 11.3 Å². The lowest BCUT2D eigenvalue weighted by Gasteiger charge is -2.43. The molecule has 0 spiro atoms. The van der Waals surface area contributed by atoms with E-state index in [0.717, 1.165) is 26.1 Å². The van der Waals surface area contributed by atoms with Crippen LogP contribution in [0.3, 0.4) is 0 Å². The van der Waals surface area contributed by atoms with Gasteiger partial charge in [-0.2, -0.15) is 0 Å². The number of hydrogen-bond acceptors (Lipinski definition) is 3. The summed E-state index contributed by atoms with van der Waals surface area (Å²) in [6.45, 7) is 5.00. The van der Waals surface area contributed by atoms with Gasteiger partial charge in [0.25, 0.3) is 0 Å². The summed E-state index contributed by atoms with van der Waals surface area (Å²) in [7, 11) is 0. The number of rotatable bonds is 4. The summed E-state index contributed by atoms with van der Waals surface area (Å²) in [4.78, 5) is 17.7. The van der Waals surface area contributed by atoms with Crippen LogP contribution in [-0.2, 0) is 6.42 Å². The van der Waals surface area contributed by atoms with Crippen molar-refractivity contribution in [3.63, 3.8) is 0 Å². The largest absolute Gasteiger partial charge is 0.338 e. The highest BCUT2D eigenvalue weighted by Crippen LogP contribution is 2.19. The molecule has 0 saturated carbocycles. The molecule has 2 aliphatic heterocycles. The third-order valence-electron chi connectivity index (χ3n) is 4.03. The molecule has 104 valence electrons. The van der Waals surface area contributed by atoms with Crippen LogP contribution in [0.4, 0.5) is 4.79 Å². The van der Waals surface area contributed by atoms with E-state index in [0.29, 0.717) is 6.04 Å². The number of nitrogens with one attached hydrogen (secondary N) is 1. The van der Waals surface area contributed by atoms with Crippen molar-refractivity contribution in [2.75, 3.05) is 32.7 Å². The maximum Gasteiger partial charge on any atom is 0.317 e. The second kappa shape index (κ2) is 5.92. The molecule has 1 aromatic heterocycles. The molecule has 1 aromatic rings. The lowest BCUT2D eigenvalue weighted by atomic mass is 10.1. The average molecular weight is 279 g/mol. The average Bonchev–Trinajstić information content (AvgIpc) is 2.99. The van der Waals surface area contributed by atoms with Crippen molar-refractivity contribution in [1.29, 1.82) is 0 Å². The van der Waals surface area contributed by atoms with Gasteiger partial charge >= 0.3 is 6.03 Å². The minimum absolute atomic E-state index is 0.104. The molecule has 5 heteroatoms. The Labute approximate surface area is 118 Å². The van der Waals surface area contributed by atoms with Crippen molar-refractivity contribution in [2.24, 2.45) is 0 Å². The van der Waals surface area contributed by atoms with Crippen LogP contribution in [0, 0.1) is 0 Å². The van der Waals surface area contributed by atoms with Crippen LogP contribution < -0.4 is 5.32 Å². The van der Waals surface area contributed by atoms with E-state index in [1.165, 1.54) is 30.8 Å². The van der Waals surface area contributed by atoms with Crippen molar-refractivity contribution in [2.45, 2.75) is 25.3 Å². The fraction of sp³-hybridized carbons (Fsp3) is 0.643. The normalized spacial score (nSPS) is 20.5. The summed E-state index contributed by atoms with van der Waals surface area (Å²) < 4.78 is 0. The predicted molar refractivity (Wildman–Crippen MR) is 77.6 cm³/mol. The lowest BCUT2D eigenvalue weighted by molar-refractivity contribution is 0.0718. The molecule has 3 rings (SSSR count). The highest BCUT2D eigenvalue weighted by atomic mass is 32.1. The zero-order chi connectivity index (χ0) is 13.1. The molecule has 2 amide bonds. The second-order valence-corrected chi connectivity index (χ2v) is 6.40. The first-order valence-electron chi connectivity index (χ1n) is 7.12. The maximum absolute atomic E-state index is 11.9. The molecule has 2 fully saturated rings. The topological polar surface area (TPSA) is 35.6 Å². The summed E-state index contributed by atoms with van der Waals surface area (Å²) in [5.41, 5.74) is 0.